The molecule has 0 fully saturated rings. The Labute approximate surface area is 195 Å². The summed E-state index contributed by atoms with van der Waals surface area (Å²) in [5.41, 5.74) is 0.833. The van der Waals surface area contributed by atoms with Crippen LogP contribution in [0.1, 0.15) is 32.1 Å². The lowest BCUT2D eigenvalue weighted by molar-refractivity contribution is 0.673. The number of nitrogens with zero attached hydrogens (tertiary/aromatic N) is 3. The number of aliphatic imine (C=N–C) groups is 2. The van der Waals surface area contributed by atoms with Gasteiger partial charge < -0.3 is 0 Å². The van der Waals surface area contributed by atoms with Gasteiger partial charge in [-0.05, 0) is 49.1 Å². The van der Waals surface area contributed by atoms with Gasteiger partial charge in [-0.1, -0.05) is 56.5 Å². The van der Waals surface area contributed by atoms with Gasteiger partial charge in [0.25, 0.3) is 0 Å². The second-order valence-corrected chi connectivity index (χ2v) is 9.37. The van der Waals surface area contributed by atoms with Crippen LogP contribution >= 0.6 is 23.1 Å². The fourth-order valence-corrected chi connectivity index (χ4v) is 5.17. The number of nitrogens with one attached hydrogen (secondary N) is 1. The Hall–Kier alpha value is -2.13. The number of allylic oxidation sites excluding steroid dienone is 1. The van der Waals surface area contributed by atoms with Crippen LogP contribution in [0.15, 0.2) is 69.6 Å². The maximum Gasteiger partial charge on any atom is 0.187 e. The van der Waals surface area contributed by atoms with Crippen LogP contribution in [0, 0.1) is 0 Å². The third-order valence-electron chi connectivity index (χ3n) is 4.04. The highest BCUT2D eigenvalue weighted by Crippen LogP contribution is 2.21. The maximum absolute atomic E-state index is 12.9. The SMILES string of the molecule is C=CN=C(/N=C(\C)c1ccc(S(=O)NC2C=c3nccc/c3=C/C/C=C\2)s1)SC.CC. The van der Waals surface area contributed by atoms with E-state index in [1.807, 2.05) is 63.4 Å². The topological polar surface area (TPSA) is 66.7 Å². The predicted molar refractivity (Wildman–Crippen MR) is 139 cm³/mol. The Kier molecular flexibility index (Phi) is 10.8. The summed E-state index contributed by atoms with van der Waals surface area (Å²) in [7, 11) is -1.34. The summed E-state index contributed by atoms with van der Waals surface area (Å²) < 4.78 is 16.8. The van der Waals surface area contributed by atoms with E-state index in [0.717, 1.165) is 31.8 Å². The molecule has 0 saturated carbocycles. The molecule has 2 heterocycles. The molecule has 0 amide bonds. The molecule has 164 valence electrons. The summed E-state index contributed by atoms with van der Waals surface area (Å²) in [5.74, 6) is 0. The van der Waals surface area contributed by atoms with E-state index in [9.17, 15) is 4.21 Å². The lowest BCUT2D eigenvalue weighted by atomic mass is 10.1. The van der Waals surface area contributed by atoms with Gasteiger partial charge in [-0.3, -0.25) is 4.98 Å². The molecule has 2 aromatic rings. The van der Waals surface area contributed by atoms with E-state index in [-0.39, 0.29) is 6.04 Å². The first-order valence-electron chi connectivity index (χ1n) is 9.96. The summed E-state index contributed by atoms with van der Waals surface area (Å²) in [4.78, 5) is 14.0. The Morgan fingerprint density at radius 3 is 2.94 bits per heavy atom. The van der Waals surface area contributed by atoms with E-state index in [1.165, 1.54) is 29.3 Å². The summed E-state index contributed by atoms with van der Waals surface area (Å²) >= 11 is 2.92. The molecule has 2 aromatic heterocycles. The van der Waals surface area contributed by atoms with Gasteiger partial charge in [-0.2, -0.15) is 0 Å². The van der Waals surface area contributed by atoms with Crippen LogP contribution in [0.5, 0.6) is 0 Å². The molecule has 0 spiro atoms. The van der Waals surface area contributed by atoms with E-state index in [0.29, 0.717) is 5.17 Å². The van der Waals surface area contributed by atoms with E-state index >= 15 is 0 Å². The average molecular weight is 473 g/mol. The van der Waals surface area contributed by atoms with Crippen molar-refractivity contribution in [3.05, 3.63) is 70.8 Å². The van der Waals surface area contributed by atoms with Crippen LogP contribution in [0.3, 0.4) is 0 Å². The van der Waals surface area contributed by atoms with Crippen molar-refractivity contribution in [2.45, 2.75) is 37.4 Å². The normalized spacial score (nSPS) is 19.2. The number of aromatic nitrogens is 1. The minimum Gasteiger partial charge on any atom is -0.257 e. The zero-order chi connectivity index (χ0) is 22.6. The largest absolute Gasteiger partial charge is 0.257 e. The molecular weight excluding hydrogens is 444 g/mol. The van der Waals surface area contributed by atoms with Crippen molar-refractivity contribution in [2.75, 3.05) is 6.26 Å². The molecule has 0 radical (unpaired) electrons. The molecule has 31 heavy (non-hydrogen) atoms. The molecular formula is C23H28N4OS3. The van der Waals surface area contributed by atoms with Crippen molar-refractivity contribution < 1.29 is 4.21 Å². The standard InChI is InChI=1S/C21H22N4OS3.C2H6/c1-4-22-21(27-3)24-15(2)19-11-12-20(28-19)29(26)25-17-10-6-5-8-16-9-7-13-23-18(16)14-17;1-2/h4,6-14,17,25H,1,5H2,2-3H3;1-2H3/b10-6-,16-8-,18-14?,22-21?,24-15+;. The van der Waals surface area contributed by atoms with Crippen LogP contribution in [-0.4, -0.2) is 32.4 Å². The lowest BCUT2D eigenvalue weighted by Crippen LogP contribution is -2.35. The first kappa shape index (κ1) is 25.1. The molecule has 1 N–H and O–H groups in total. The van der Waals surface area contributed by atoms with Crippen LogP contribution in [0.25, 0.3) is 12.2 Å². The molecule has 0 aliphatic heterocycles. The van der Waals surface area contributed by atoms with Crippen LogP contribution < -0.4 is 15.3 Å². The maximum atomic E-state index is 12.9. The molecule has 0 aromatic carbocycles. The molecule has 8 heteroatoms. The van der Waals surface area contributed by atoms with Crippen molar-refractivity contribution >= 4 is 57.1 Å². The van der Waals surface area contributed by atoms with Gasteiger partial charge in [0.05, 0.1) is 17.1 Å². The van der Waals surface area contributed by atoms with Gasteiger partial charge in [-0.15, -0.1) is 11.3 Å². The number of hydrogen-bond acceptors (Lipinski definition) is 5. The highest BCUT2D eigenvalue weighted by Gasteiger charge is 2.13. The highest BCUT2D eigenvalue weighted by atomic mass is 32.2. The van der Waals surface area contributed by atoms with Crippen molar-refractivity contribution in [1.29, 1.82) is 0 Å². The van der Waals surface area contributed by atoms with E-state index < -0.39 is 11.0 Å². The van der Waals surface area contributed by atoms with Crippen molar-refractivity contribution in [1.82, 2.24) is 9.71 Å². The molecule has 0 saturated heterocycles. The van der Waals surface area contributed by atoms with E-state index in [2.05, 4.69) is 38.4 Å². The second kappa shape index (κ2) is 13.3. The minimum atomic E-state index is -1.34. The fraction of sp³-hybridized carbons (Fsp3) is 0.261. The first-order valence-corrected chi connectivity index (χ1v) is 13.2. The number of thioether (sulfide) groups is 1. The third kappa shape index (κ3) is 7.50. The summed E-state index contributed by atoms with van der Waals surface area (Å²) in [6.45, 7) is 9.53. The lowest BCUT2D eigenvalue weighted by Gasteiger charge is -2.10. The summed E-state index contributed by atoms with van der Waals surface area (Å²) in [6, 6.07) is 7.61. The van der Waals surface area contributed by atoms with Crippen molar-refractivity contribution in [3.8, 4) is 0 Å². The minimum absolute atomic E-state index is 0.165. The quantitative estimate of drug-likeness (QED) is 0.406. The number of amidine groups is 1. The number of rotatable bonds is 5. The zero-order valence-corrected chi connectivity index (χ0v) is 20.7. The first-order chi connectivity index (χ1) is 15.1. The monoisotopic (exact) mass is 472 g/mol. The Morgan fingerprint density at radius 1 is 1.39 bits per heavy atom. The molecule has 1 aliphatic carbocycles. The van der Waals surface area contributed by atoms with Gasteiger partial charge in [0.15, 0.2) is 5.17 Å². The Bertz CT molecular complexity index is 1120. The smallest absolute Gasteiger partial charge is 0.187 e. The third-order valence-corrected chi connectivity index (χ3v) is 7.28. The Morgan fingerprint density at radius 2 is 2.19 bits per heavy atom. The molecule has 2 atom stereocenters. The van der Waals surface area contributed by atoms with Crippen LogP contribution in [0.4, 0.5) is 0 Å². The number of thiophene rings is 1. The zero-order valence-electron chi connectivity index (χ0n) is 18.2. The fourth-order valence-electron chi connectivity index (χ4n) is 2.66. The van der Waals surface area contributed by atoms with Gasteiger partial charge in [0, 0.05) is 17.3 Å². The van der Waals surface area contributed by atoms with Crippen molar-refractivity contribution in [2.24, 2.45) is 9.98 Å². The Balaban J connectivity index is 0.00000166. The molecule has 0 bridgehead atoms. The summed E-state index contributed by atoms with van der Waals surface area (Å²) in [6.07, 6.45) is 14.2. The number of fused-ring (bicyclic) bond motifs is 1. The summed E-state index contributed by atoms with van der Waals surface area (Å²) in [5, 5.41) is 2.63. The van der Waals surface area contributed by atoms with Gasteiger partial charge in [-0.25, -0.2) is 18.9 Å². The molecule has 1 aliphatic rings. The van der Waals surface area contributed by atoms with Gasteiger partial charge in [0.2, 0.25) is 0 Å². The second-order valence-electron chi connectivity index (χ2n) is 6.04. The van der Waals surface area contributed by atoms with E-state index in [4.69, 9.17) is 0 Å². The number of pyridine rings is 1. The molecule has 2 unspecified atom stereocenters. The number of hydrogen-bond donors (Lipinski definition) is 1. The predicted octanol–water partition coefficient (Wildman–Crippen LogP) is 4.04. The van der Waals surface area contributed by atoms with E-state index in [1.54, 1.807) is 6.20 Å². The average Bonchev–Trinajstić information content (AvgIpc) is 3.27. The van der Waals surface area contributed by atoms with Crippen LogP contribution in [0.2, 0.25) is 0 Å². The van der Waals surface area contributed by atoms with Crippen LogP contribution in [-0.2, 0) is 11.0 Å². The molecule has 3 rings (SSSR count). The highest BCUT2D eigenvalue weighted by molar-refractivity contribution is 8.13. The van der Waals surface area contributed by atoms with Gasteiger partial charge in [0.1, 0.15) is 15.2 Å². The van der Waals surface area contributed by atoms with Crippen molar-refractivity contribution in [3.63, 3.8) is 0 Å². The molecule has 5 nitrogen and oxygen atoms in total. The van der Waals surface area contributed by atoms with Gasteiger partial charge >= 0.3 is 0 Å².